The van der Waals surface area contributed by atoms with Crippen molar-refractivity contribution in [1.29, 1.82) is 5.26 Å². The summed E-state index contributed by atoms with van der Waals surface area (Å²) in [5, 5.41) is 11.3. The highest BCUT2D eigenvalue weighted by molar-refractivity contribution is 5.63. The van der Waals surface area contributed by atoms with E-state index in [1.54, 1.807) is 0 Å². The Balaban J connectivity index is 2.29. The number of allylic oxidation sites excluding steroid dienone is 4. The van der Waals surface area contributed by atoms with Crippen LogP contribution >= 0.6 is 0 Å². The molecule has 0 amide bonds. The molecule has 18 heavy (non-hydrogen) atoms. The topological polar surface area (TPSA) is 23.8 Å². The number of unbranched alkanes of at least 4 members (excludes halogenated alkanes) is 1. The lowest BCUT2D eigenvalue weighted by molar-refractivity contribution is 0.992. The summed E-state index contributed by atoms with van der Waals surface area (Å²) in [5.41, 5.74) is 2.03. The molecule has 0 radical (unpaired) electrons. The van der Waals surface area contributed by atoms with Crippen molar-refractivity contribution in [2.75, 3.05) is 0 Å². The Hall–Kier alpha value is -2.07. The van der Waals surface area contributed by atoms with Gasteiger partial charge in [-0.05, 0) is 34.9 Å². The summed E-state index contributed by atoms with van der Waals surface area (Å²) in [6.45, 7) is 2.19. The maximum absolute atomic E-state index is 8.78. The molecule has 1 aliphatic rings. The lowest BCUT2D eigenvalue weighted by Gasteiger charge is -2.04. The summed E-state index contributed by atoms with van der Waals surface area (Å²) in [6.07, 6.45) is 11.3. The van der Waals surface area contributed by atoms with Gasteiger partial charge in [-0.3, -0.25) is 0 Å². The number of rotatable bonds is 2. The minimum absolute atomic E-state index is 0.756. The molecule has 0 aliphatic heterocycles. The van der Waals surface area contributed by atoms with Crippen molar-refractivity contribution in [3.8, 4) is 6.07 Å². The Kier molecular flexibility index (Phi) is 4.15. The second-order valence-electron chi connectivity index (χ2n) is 4.45. The van der Waals surface area contributed by atoms with E-state index in [9.17, 15) is 0 Å². The minimum atomic E-state index is 0.756. The van der Waals surface area contributed by atoms with Crippen molar-refractivity contribution in [2.24, 2.45) is 0 Å². The van der Waals surface area contributed by atoms with E-state index in [1.807, 2.05) is 18.2 Å². The normalized spacial score (nSPS) is 14.0. The van der Waals surface area contributed by atoms with Gasteiger partial charge in [0.05, 0.1) is 6.07 Å². The van der Waals surface area contributed by atoms with Crippen LogP contribution in [0, 0.1) is 11.3 Å². The predicted octanol–water partition coefficient (Wildman–Crippen LogP) is 2.83. The lowest BCUT2D eigenvalue weighted by atomic mass is 10.0. The van der Waals surface area contributed by atoms with Crippen molar-refractivity contribution >= 4 is 11.6 Å². The highest BCUT2D eigenvalue weighted by atomic mass is 14.2. The molecule has 0 N–H and O–H groups in total. The average molecular weight is 235 g/mol. The van der Waals surface area contributed by atoms with E-state index in [0.29, 0.717) is 0 Å². The smallest absolute Gasteiger partial charge is 0.0988 e. The molecule has 0 heterocycles. The van der Waals surface area contributed by atoms with Crippen LogP contribution in [0.5, 0.6) is 0 Å². The molecule has 0 unspecified atom stereocenters. The van der Waals surface area contributed by atoms with Crippen LogP contribution in [0.25, 0.3) is 11.6 Å². The first kappa shape index (κ1) is 12.4. The number of benzene rings is 1. The Bertz CT molecular complexity index is 616. The first-order chi connectivity index (χ1) is 8.83. The quantitative estimate of drug-likeness (QED) is 0.773. The minimum Gasteiger partial charge on any atom is -0.192 e. The molecule has 0 saturated carbocycles. The summed E-state index contributed by atoms with van der Waals surface area (Å²) in [7, 11) is 0. The molecule has 0 spiro atoms. The van der Waals surface area contributed by atoms with Gasteiger partial charge in [0.1, 0.15) is 0 Å². The highest BCUT2D eigenvalue weighted by Crippen LogP contribution is 2.14. The van der Waals surface area contributed by atoms with Crippen molar-refractivity contribution in [3.05, 3.63) is 58.5 Å². The van der Waals surface area contributed by atoms with Gasteiger partial charge in [-0.1, -0.05) is 55.8 Å². The second kappa shape index (κ2) is 6.02. The van der Waals surface area contributed by atoms with E-state index in [-0.39, 0.29) is 0 Å². The number of nitriles is 1. The zero-order valence-electron chi connectivity index (χ0n) is 10.7. The fraction of sp³-hybridized carbons (Fsp3) is 0.235. The molecule has 0 fully saturated rings. The molecule has 0 aromatic heterocycles. The maximum atomic E-state index is 8.78. The molecular formula is C17H17N. The van der Waals surface area contributed by atoms with Gasteiger partial charge in [0, 0.05) is 5.57 Å². The fourth-order valence-electron chi connectivity index (χ4n) is 1.99. The Morgan fingerprint density at radius 2 is 2.00 bits per heavy atom. The first-order valence-electron chi connectivity index (χ1n) is 6.41. The van der Waals surface area contributed by atoms with Gasteiger partial charge in [-0.2, -0.15) is 5.26 Å². The summed E-state index contributed by atoms with van der Waals surface area (Å²) < 4.78 is 0. The molecule has 0 atom stereocenters. The van der Waals surface area contributed by atoms with Crippen LogP contribution in [0.1, 0.15) is 26.2 Å². The van der Waals surface area contributed by atoms with Crippen LogP contribution < -0.4 is 10.4 Å². The molecule has 1 aromatic carbocycles. The molecular weight excluding hydrogens is 218 g/mol. The highest BCUT2D eigenvalue weighted by Gasteiger charge is 2.00. The van der Waals surface area contributed by atoms with E-state index < -0.39 is 0 Å². The number of hydrogen-bond acceptors (Lipinski definition) is 1. The van der Waals surface area contributed by atoms with Crippen molar-refractivity contribution in [2.45, 2.75) is 26.2 Å². The van der Waals surface area contributed by atoms with Gasteiger partial charge in [0.25, 0.3) is 0 Å². The van der Waals surface area contributed by atoms with E-state index in [0.717, 1.165) is 18.4 Å². The van der Waals surface area contributed by atoms with Gasteiger partial charge in [0.15, 0.2) is 0 Å². The monoisotopic (exact) mass is 235 g/mol. The molecule has 1 nitrogen and oxygen atoms in total. The van der Waals surface area contributed by atoms with E-state index in [4.69, 9.17) is 5.26 Å². The van der Waals surface area contributed by atoms with Gasteiger partial charge in [-0.25, -0.2) is 0 Å². The molecule has 1 aliphatic carbocycles. The van der Waals surface area contributed by atoms with Crippen LogP contribution in [0.3, 0.4) is 0 Å². The molecule has 1 aromatic rings. The van der Waals surface area contributed by atoms with Gasteiger partial charge >= 0.3 is 0 Å². The molecule has 1 heteroatoms. The fourth-order valence-corrected chi connectivity index (χ4v) is 1.99. The van der Waals surface area contributed by atoms with Crippen LogP contribution in [0.15, 0.2) is 48.1 Å². The first-order valence-corrected chi connectivity index (χ1v) is 6.41. The van der Waals surface area contributed by atoms with Crippen LogP contribution in [-0.4, -0.2) is 0 Å². The second-order valence-corrected chi connectivity index (χ2v) is 4.45. The SMILES string of the molecule is CCCC=c1ccc(=C2C=CC(C#N)=CC2)cc1. The summed E-state index contributed by atoms with van der Waals surface area (Å²) in [5.74, 6) is 0. The van der Waals surface area contributed by atoms with E-state index >= 15 is 0 Å². The molecule has 2 rings (SSSR count). The summed E-state index contributed by atoms with van der Waals surface area (Å²) in [6, 6.07) is 10.8. The largest absolute Gasteiger partial charge is 0.192 e. The standard InChI is InChI=1S/C17H17N/c1-2-3-4-14-5-9-16(10-6-14)17-11-7-15(13-18)8-12-17/h4-11H,2-3,12H2,1H3. The zero-order valence-corrected chi connectivity index (χ0v) is 10.7. The zero-order chi connectivity index (χ0) is 12.8. The van der Waals surface area contributed by atoms with Gasteiger partial charge in [-0.15, -0.1) is 0 Å². The summed E-state index contributed by atoms with van der Waals surface area (Å²) >= 11 is 0. The third-order valence-electron chi connectivity index (χ3n) is 3.09. The Morgan fingerprint density at radius 1 is 1.22 bits per heavy atom. The number of nitrogens with zero attached hydrogens (tertiary/aromatic N) is 1. The predicted molar refractivity (Wildman–Crippen MR) is 75.9 cm³/mol. The van der Waals surface area contributed by atoms with Crippen LogP contribution in [0.2, 0.25) is 0 Å². The summed E-state index contributed by atoms with van der Waals surface area (Å²) in [4.78, 5) is 0. The third kappa shape index (κ3) is 2.99. The number of hydrogen-bond donors (Lipinski definition) is 0. The Morgan fingerprint density at radius 3 is 2.56 bits per heavy atom. The van der Waals surface area contributed by atoms with E-state index in [2.05, 4.69) is 43.3 Å². The third-order valence-corrected chi connectivity index (χ3v) is 3.09. The average Bonchev–Trinajstić information content (AvgIpc) is 2.46. The van der Waals surface area contributed by atoms with Crippen molar-refractivity contribution in [1.82, 2.24) is 0 Å². The molecule has 0 bridgehead atoms. The van der Waals surface area contributed by atoms with Crippen molar-refractivity contribution in [3.63, 3.8) is 0 Å². The lowest BCUT2D eigenvalue weighted by Crippen LogP contribution is -2.10. The Labute approximate surface area is 108 Å². The van der Waals surface area contributed by atoms with Crippen LogP contribution in [-0.2, 0) is 0 Å². The molecule has 0 saturated heterocycles. The molecule has 90 valence electrons. The van der Waals surface area contributed by atoms with Crippen molar-refractivity contribution < 1.29 is 0 Å². The van der Waals surface area contributed by atoms with Gasteiger partial charge < -0.3 is 0 Å². The maximum Gasteiger partial charge on any atom is 0.0988 e. The van der Waals surface area contributed by atoms with E-state index in [1.165, 1.54) is 22.4 Å². The van der Waals surface area contributed by atoms with Crippen LogP contribution in [0.4, 0.5) is 0 Å². The van der Waals surface area contributed by atoms with Gasteiger partial charge in [0.2, 0.25) is 0 Å².